The van der Waals surface area contributed by atoms with Gasteiger partial charge < -0.3 is 10.4 Å². The molecule has 0 radical (unpaired) electrons. The van der Waals surface area contributed by atoms with Crippen molar-refractivity contribution >= 4 is 17.6 Å². The number of aliphatic hydroxyl groups is 1. The topological polar surface area (TPSA) is 58.0 Å². The number of rotatable bonds is 5. The van der Waals surface area contributed by atoms with Gasteiger partial charge in [0.05, 0.1) is 18.5 Å². The molecule has 1 fully saturated rings. The quantitative estimate of drug-likeness (QED) is 0.741. The summed E-state index contributed by atoms with van der Waals surface area (Å²) in [5.41, 5.74) is 0. The molecule has 1 saturated carbocycles. The minimum Gasteiger partial charge on any atom is -0.391 e. The second-order valence-electron chi connectivity index (χ2n) is 3.73. The molecule has 82 valence electrons. The maximum Gasteiger partial charge on any atom is 0.145 e. The average Bonchev–Trinajstić information content (AvgIpc) is 3.10. The Bertz CT molecular complexity index is 330. The fourth-order valence-corrected chi connectivity index (χ4v) is 1.74. The predicted octanol–water partition coefficient (Wildman–Crippen LogP) is 1.38. The van der Waals surface area contributed by atoms with Crippen molar-refractivity contribution in [3.63, 3.8) is 0 Å². The van der Waals surface area contributed by atoms with E-state index in [0.29, 0.717) is 12.5 Å². The summed E-state index contributed by atoms with van der Waals surface area (Å²) in [6.07, 6.45) is 7.43. The Morgan fingerprint density at radius 3 is 3.07 bits per heavy atom. The third-order valence-corrected chi connectivity index (χ3v) is 3.10. The van der Waals surface area contributed by atoms with Crippen LogP contribution in [0.25, 0.3) is 0 Å². The number of thioether (sulfide) groups is 1. The number of nitrogens with zero attached hydrogens (tertiary/aromatic N) is 2. The van der Waals surface area contributed by atoms with Gasteiger partial charge in [-0.15, -0.1) is 11.8 Å². The van der Waals surface area contributed by atoms with Crippen molar-refractivity contribution in [1.29, 1.82) is 0 Å². The number of anilines is 1. The lowest BCUT2D eigenvalue weighted by molar-refractivity contribution is 0.164. The summed E-state index contributed by atoms with van der Waals surface area (Å²) in [5, 5.41) is 13.7. The van der Waals surface area contributed by atoms with Gasteiger partial charge in [-0.2, -0.15) is 0 Å². The molecule has 1 aliphatic carbocycles. The predicted molar refractivity (Wildman–Crippen MR) is 61.0 cm³/mol. The molecular weight excluding hydrogens is 210 g/mol. The highest BCUT2D eigenvalue weighted by molar-refractivity contribution is 7.98. The maximum absolute atomic E-state index is 9.66. The smallest absolute Gasteiger partial charge is 0.145 e. The molecule has 1 aromatic rings. The minimum atomic E-state index is -0.246. The summed E-state index contributed by atoms with van der Waals surface area (Å²) in [7, 11) is 0. The van der Waals surface area contributed by atoms with Crippen LogP contribution in [0.1, 0.15) is 12.8 Å². The van der Waals surface area contributed by atoms with Crippen molar-refractivity contribution in [1.82, 2.24) is 9.97 Å². The average molecular weight is 225 g/mol. The van der Waals surface area contributed by atoms with Crippen LogP contribution in [0.3, 0.4) is 0 Å². The summed E-state index contributed by atoms with van der Waals surface area (Å²) >= 11 is 1.56. The van der Waals surface area contributed by atoms with Crippen LogP contribution in [0.2, 0.25) is 0 Å². The third-order valence-electron chi connectivity index (χ3n) is 2.48. The van der Waals surface area contributed by atoms with Gasteiger partial charge in [0.1, 0.15) is 10.8 Å². The zero-order valence-corrected chi connectivity index (χ0v) is 9.50. The lowest BCUT2D eigenvalue weighted by Crippen LogP contribution is -2.21. The molecule has 2 rings (SSSR count). The Morgan fingerprint density at radius 1 is 1.60 bits per heavy atom. The van der Waals surface area contributed by atoms with Crippen LogP contribution in [0, 0.1) is 5.92 Å². The van der Waals surface area contributed by atoms with E-state index in [-0.39, 0.29) is 6.10 Å². The van der Waals surface area contributed by atoms with E-state index < -0.39 is 0 Å². The van der Waals surface area contributed by atoms with Crippen molar-refractivity contribution in [2.45, 2.75) is 24.0 Å². The molecule has 0 spiro atoms. The first-order valence-corrected chi connectivity index (χ1v) is 6.30. The molecule has 1 unspecified atom stereocenters. The molecule has 5 heteroatoms. The van der Waals surface area contributed by atoms with E-state index in [9.17, 15) is 5.11 Å². The van der Waals surface area contributed by atoms with Crippen molar-refractivity contribution < 1.29 is 5.11 Å². The van der Waals surface area contributed by atoms with Crippen LogP contribution in [0.15, 0.2) is 17.4 Å². The van der Waals surface area contributed by atoms with E-state index in [2.05, 4.69) is 15.3 Å². The zero-order chi connectivity index (χ0) is 10.7. The second-order valence-corrected chi connectivity index (χ2v) is 4.56. The van der Waals surface area contributed by atoms with Crippen molar-refractivity contribution in [2.75, 3.05) is 18.1 Å². The number of aromatic nitrogens is 2. The molecule has 0 amide bonds. The SMILES string of the molecule is CSc1cncc(NCC(O)C2CC2)n1. The van der Waals surface area contributed by atoms with E-state index in [1.807, 2.05) is 6.26 Å². The van der Waals surface area contributed by atoms with Crippen molar-refractivity contribution in [3.05, 3.63) is 12.4 Å². The summed E-state index contributed by atoms with van der Waals surface area (Å²) in [6, 6.07) is 0. The van der Waals surface area contributed by atoms with Crippen LogP contribution >= 0.6 is 11.8 Å². The fourth-order valence-electron chi connectivity index (χ4n) is 1.39. The Labute approximate surface area is 93.5 Å². The first-order chi connectivity index (χ1) is 7.29. The highest BCUT2D eigenvalue weighted by Gasteiger charge is 2.29. The molecule has 1 aromatic heterocycles. The highest BCUT2D eigenvalue weighted by Crippen LogP contribution is 2.32. The summed E-state index contributed by atoms with van der Waals surface area (Å²) in [4.78, 5) is 8.39. The Morgan fingerprint density at radius 2 is 2.40 bits per heavy atom. The normalized spacial score (nSPS) is 17.5. The number of aliphatic hydroxyl groups excluding tert-OH is 1. The Hall–Kier alpha value is -0.810. The van der Waals surface area contributed by atoms with E-state index in [0.717, 1.165) is 23.7 Å². The van der Waals surface area contributed by atoms with Crippen LogP contribution in [-0.4, -0.2) is 34.0 Å². The number of nitrogens with one attached hydrogen (secondary N) is 1. The lowest BCUT2D eigenvalue weighted by Gasteiger charge is -2.10. The molecule has 4 nitrogen and oxygen atoms in total. The van der Waals surface area contributed by atoms with Crippen LogP contribution in [0.4, 0.5) is 5.82 Å². The number of hydrogen-bond donors (Lipinski definition) is 2. The van der Waals surface area contributed by atoms with Gasteiger partial charge in [-0.3, -0.25) is 4.98 Å². The van der Waals surface area contributed by atoms with Crippen LogP contribution in [0.5, 0.6) is 0 Å². The van der Waals surface area contributed by atoms with Gasteiger partial charge in [-0.05, 0) is 25.0 Å². The molecule has 0 aromatic carbocycles. The minimum absolute atomic E-state index is 0.246. The van der Waals surface area contributed by atoms with E-state index in [1.54, 1.807) is 24.2 Å². The molecule has 1 aliphatic rings. The second kappa shape index (κ2) is 4.81. The Kier molecular flexibility index (Phi) is 3.43. The van der Waals surface area contributed by atoms with Gasteiger partial charge in [0, 0.05) is 6.54 Å². The van der Waals surface area contributed by atoms with E-state index in [1.165, 1.54) is 0 Å². The summed E-state index contributed by atoms with van der Waals surface area (Å²) < 4.78 is 0. The van der Waals surface area contributed by atoms with Gasteiger partial charge in [0.15, 0.2) is 0 Å². The van der Waals surface area contributed by atoms with Gasteiger partial charge in [0.2, 0.25) is 0 Å². The maximum atomic E-state index is 9.66. The molecule has 2 N–H and O–H groups in total. The standard InChI is InChI=1S/C10H15N3OS/c1-15-10-6-11-5-9(13-10)12-4-8(14)7-2-3-7/h5-8,14H,2-4H2,1H3,(H,12,13). The van der Waals surface area contributed by atoms with Gasteiger partial charge in [0.25, 0.3) is 0 Å². The molecule has 15 heavy (non-hydrogen) atoms. The molecule has 1 heterocycles. The van der Waals surface area contributed by atoms with Crippen LogP contribution in [-0.2, 0) is 0 Å². The van der Waals surface area contributed by atoms with Gasteiger partial charge in [-0.25, -0.2) is 4.98 Å². The van der Waals surface area contributed by atoms with E-state index >= 15 is 0 Å². The number of hydrogen-bond acceptors (Lipinski definition) is 5. The van der Waals surface area contributed by atoms with Gasteiger partial charge >= 0.3 is 0 Å². The largest absolute Gasteiger partial charge is 0.391 e. The van der Waals surface area contributed by atoms with Gasteiger partial charge in [-0.1, -0.05) is 0 Å². The first-order valence-electron chi connectivity index (χ1n) is 5.07. The van der Waals surface area contributed by atoms with Crippen molar-refractivity contribution in [2.24, 2.45) is 5.92 Å². The summed E-state index contributed by atoms with van der Waals surface area (Å²) in [6.45, 7) is 0.567. The van der Waals surface area contributed by atoms with E-state index in [4.69, 9.17) is 0 Å². The van der Waals surface area contributed by atoms with Crippen LogP contribution < -0.4 is 5.32 Å². The lowest BCUT2D eigenvalue weighted by atomic mass is 10.2. The monoisotopic (exact) mass is 225 g/mol. The third kappa shape index (κ3) is 3.07. The molecule has 0 saturated heterocycles. The molecular formula is C10H15N3OS. The molecule has 0 bridgehead atoms. The molecule has 0 aliphatic heterocycles. The fraction of sp³-hybridized carbons (Fsp3) is 0.600. The van der Waals surface area contributed by atoms with Crippen molar-refractivity contribution in [3.8, 4) is 0 Å². The Balaban J connectivity index is 1.86. The zero-order valence-electron chi connectivity index (χ0n) is 8.68. The summed E-state index contributed by atoms with van der Waals surface area (Å²) in [5.74, 6) is 1.23. The first kappa shape index (κ1) is 10.7. The highest BCUT2D eigenvalue weighted by atomic mass is 32.2. The molecule has 1 atom stereocenters.